The number of amides is 2. The first-order valence-corrected chi connectivity index (χ1v) is 9.46. The topological polar surface area (TPSA) is 103 Å². The molecule has 1 N–H and O–H groups in total. The Balaban J connectivity index is 1.67. The number of aromatic nitrogens is 3. The molecule has 3 aromatic heterocycles. The van der Waals surface area contributed by atoms with E-state index in [1.165, 1.54) is 17.2 Å². The highest BCUT2D eigenvalue weighted by Crippen LogP contribution is 2.28. The van der Waals surface area contributed by atoms with Gasteiger partial charge in [0.15, 0.2) is 0 Å². The number of pyridine rings is 2. The van der Waals surface area contributed by atoms with E-state index < -0.39 is 0 Å². The van der Waals surface area contributed by atoms with Crippen LogP contribution in [0.1, 0.15) is 26.4 Å². The number of benzene rings is 1. The minimum Gasteiger partial charge on any atom is -0.355 e. The average Bonchev–Trinajstić information content (AvgIpc) is 3.26. The lowest BCUT2D eigenvalue weighted by atomic mass is 10.0. The van der Waals surface area contributed by atoms with E-state index in [-0.39, 0.29) is 17.5 Å². The van der Waals surface area contributed by atoms with Gasteiger partial charge in [0.05, 0.1) is 17.3 Å². The smallest absolute Gasteiger partial charge is 0.276 e. The molecule has 2 amide bonds. The number of rotatable bonds is 4. The molecule has 0 fully saturated rings. The zero-order valence-electron chi connectivity index (χ0n) is 16.9. The van der Waals surface area contributed by atoms with Gasteiger partial charge in [-0.25, -0.2) is 9.50 Å². The van der Waals surface area contributed by atoms with Gasteiger partial charge in [0.1, 0.15) is 11.8 Å². The number of hydrogen-bond acceptors (Lipinski definition) is 5. The third-order valence-electron chi connectivity index (χ3n) is 4.99. The predicted octanol–water partition coefficient (Wildman–Crippen LogP) is 2.90. The molecule has 0 atom stereocenters. The van der Waals surface area contributed by atoms with Crippen molar-refractivity contribution in [2.24, 2.45) is 0 Å². The maximum atomic E-state index is 12.8. The van der Waals surface area contributed by atoms with E-state index in [0.717, 1.165) is 16.6 Å². The number of nitrogens with one attached hydrogen (secondary N) is 1. The number of nitrogens with zero attached hydrogens (tertiary/aromatic N) is 5. The van der Waals surface area contributed by atoms with Crippen LogP contribution >= 0.6 is 0 Å². The maximum absolute atomic E-state index is 12.8. The van der Waals surface area contributed by atoms with E-state index in [1.807, 2.05) is 24.3 Å². The van der Waals surface area contributed by atoms with Gasteiger partial charge in [-0.05, 0) is 42.0 Å². The molecule has 8 heteroatoms. The van der Waals surface area contributed by atoms with Crippen molar-refractivity contribution >= 4 is 23.0 Å². The predicted molar refractivity (Wildman–Crippen MR) is 116 cm³/mol. The largest absolute Gasteiger partial charge is 0.355 e. The van der Waals surface area contributed by atoms with Gasteiger partial charge in [0, 0.05) is 43.3 Å². The number of carbonyl (C=O) groups is 2. The molecule has 4 rings (SSSR count). The molecule has 0 unspecified atom stereocenters. The summed E-state index contributed by atoms with van der Waals surface area (Å²) >= 11 is 0. The Bertz CT molecular complexity index is 1320. The summed E-state index contributed by atoms with van der Waals surface area (Å²) in [6.45, 7) is 0. The van der Waals surface area contributed by atoms with Gasteiger partial charge >= 0.3 is 0 Å². The fraction of sp³-hybridized carbons (Fsp3) is 0.0870. The zero-order valence-corrected chi connectivity index (χ0v) is 16.9. The average molecular weight is 410 g/mol. The van der Waals surface area contributed by atoms with Gasteiger partial charge in [0.2, 0.25) is 0 Å². The van der Waals surface area contributed by atoms with Crippen LogP contribution in [0.25, 0.3) is 16.6 Å². The lowest BCUT2D eigenvalue weighted by Gasteiger charge is -2.17. The van der Waals surface area contributed by atoms with Crippen LogP contribution in [0.3, 0.4) is 0 Å². The number of hydrogen-bond donors (Lipinski definition) is 1. The van der Waals surface area contributed by atoms with Crippen molar-refractivity contribution in [3.05, 3.63) is 83.9 Å². The standard InChI is InChI=1S/C23H18N6O2/c1-25-22(30)17-6-4-16(5-7-17)19-14-27-29-10-9-18(11-21(19)29)28(2)23(31)20-8-3-15(12-24)13-26-20/h3-11,13-14H,1-2H3,(H,25,30). The Labute approximate surface area is 178 Å². The van der Waals surface area contributed by atoms with E-state index in [1.54, 1.807) is 55.3 Å². The fourth-order valence-corrected chi connectivity index (χ4v) is 3.22. The molecule has 0 bridgehead atoms. The molecule has 0 saturated heterocycles. The summed E-state index contributed by atoms with van der Waals surface area (Å²) in [7, 11) is 3.26. The molecule has 8 nitrogen and oxygen atoms in total. The van der Waals surface area contributed by atoms with Gasteiger partial charge in [-0.15, -0.1) is 0 Å². The Morgan fingerprint density at radius 1 is 1.10 bits per heavy atom. The monoisotopic (exact) mass is 410 g/mol. The first-order valence-electron chi connectivity index (χ1n) is 9.46. The van der Waals surface area contributed by atoms with Gasteiger partial charge in [-0.2, -0.15) is 10.4 Å². The van der Waals surface area contributed by atoms with Crippen LogP contribution in [-0.2, 0) is 0 Å². The minimum absolute atomic E-state index is 0.148. The number of nitriles is 1. The summed E-state index contributed by atoms with van der Waals surface area (Å²) < 4.78 is 1.73. The Morgan fingerprint density at radius 3 is 2.52 bits per heavy atom. The third-order valence-corrected chi connectivity index (χ3v) is 4.99. The first kappa shape index (κ1) is 19.8. The van der Waals surface area contributed by atoms with Crippen molar-refractivity contribution in [3.8, 4) is 17.2 Å². The molecule has 0 aliphatic rings. The summed E-state index contributed by atoms with van der Waals surface area (Å²) in [5, 5.41) is 15.9. The summed E-state index contributed by atoms with van der Waals surface area (Å²) in [5.74, 6) is -0.435. The molecule has 152 valence electrons. The number of fused-ring (bicyclic) bond motifs is 1. The molecular weight excluding hydrogens is 392 g/mol. The highest BCUT2D eigenvalue weighted by atomic mass is 16.2. The van der Waals surface area contributed by atoms with Crippen LogP contribution in [0.2, 0.25) is 0 Å². The van der Waals surface area contributed by atoms with E-state index in [2.05, 4.69) is 15.4 Å². The molecule has 0 saturated carbocycles. The number of anilines is 1. The van der Waals surface area contributed by atoms with Crippen molar-refractivity contribution in [2.75, 3.05) is 19.0 Å². The molecule has 0 aliphatic carbocycles. The maximum Gasteiger partial charge on any atom is 0.276 e. The van der Waals surface area contributed by atoms with E-state index >= 15 is 0 Å². The van der Waals surface area contributed by atoms with Crippen molar-refractivity contribution in [3.63, 3.8) is 0 Å². The Kier molecular flexibility index (Phi) is 5.16. The fourth-order valence-electron chi connectivity index (χ4n) is 3.22. The van der Waals surface area contributed by atoms with Gasteiger partial charge in [-0.3, -0.25) is 9.59 Å². The highest BCUT2D eigenvalue weighted by Gasteiger charge is 2.17. The second-order valence-corrected chi connectivity index (χ2v) is 6.84. The second kappa shape index (κ2) is 8.08. The Morgan fingerprint density at radius 2 is 1.87 bits per heavy atom. The van der Waals surface area contributed by atoms with E-state index in [0.29, 0.717) is 16.8 Å². The van der Waals surface area contributed by atoms with Crippen molar-refractivity contribution in [1.82, 2.24) is 19.9 Å². The van der Waals surface area contributed by atoms with Crippen LogP contribution in [0.5, 0.6) is 0 Å². The molecule has 4 aromatic rings. The minimum atomic E-state index is -0.287. The quantitative estimate of drug-likeness (QED) is 0.557. The number of carbonyl (C=O) groups excluding carboxylic acids is 2. The van der Waals surface area contributed by atoms with E-state index in [4.69, 9.17) is 5.26 Å². The highest BCUT2D eigenvalue weighted by molar-refractivity contribution is 6.05. The normalized spacial score (nSPS) is 10.5. The summed E-state index contributed by atoms with van der Waals surface area (Å²) in [5.41, 5.74) is 4.49. The van der Waals surface area contributed by atoms with Crippen molar-refractivity contribution in [2.45, 2.75) is 0 Å². The third kappa shape index (κ3) is 3.72. The molecule has 0 aliphatic heterocycles. The van der Waals surface area contributed by atoms with Gasteiger partial charge in [0.25, 0.3) is 11.8 Å². The van der Waals surface area contributed by atoms with Crippen LogP contribution in [0.15, 0.2) is 67.1 Å². The first-order chi connectivity index (χ1) is 15.0. The van der Waals surface area contributed by atoms with E-state index in [9.17, 15) is 9.59 Å². The molecule has 0 radical (unpaired) electrons. The van der Waals surface area contributed by atoms with Crippen LogP contribution in [0, 0.1) is 11.3 Å². The van der Waals surface area contributed by atoms with Crippen LogP contribution in [0.4, 0.5) is 5.69 Å². The summed E-state index contributed by atoms with van der Waals surface area (Å²) in [6, 6.07) is 16.0. The second-order valence-electron chi connectivity index (χ2n) is 6.84. The Hall–Kier alpha value is -4.51. The lowest BCUT2D eigenvalue weighted by Crippen LogP contribution is -2.27. The van der Waals surface area contributed by atoms with Crippen molar-refractivity contribution in [1.29, 1.82) is 5.26 Å². The van der Waals surface area contributed by atoms with Crippen LogP contribution in [-0.4, -0.2) is 40.5 Å². The molecule has 1 aromatic carbocycles. The molecule has 0 spiro atoms. The van der Waals surface area contributed by atoms with Gasteiger partial charge in [-0.1, -0.05) is 12.1 Å². The lowest BCUT2D eigenvalue weighted by molar-refractivity contribution is 0.0961. The molecular formula is C23H18N6O2. The molecule has 31 heavy (non-hydrogen) atoms. The van der Waals surface area contributed by atoms with Crippen molar-refractivity contribution < 1.29 is 9.59 Å². The summed E-state index contributed by atoms with van der Waals surface area (Å²) in [6.07, 6.45) is 4.91. The molecule has 3 heterocycles. The zero-order chi connectivity index (χ0) is 22.0. The van der Waals surface area contributed by atoms with Gasteiger partial charge < -0.3 is 10.2 Å². The SMILES string of the molecule is CNC(=O)c1ccc(-c2cnn3ccc(N(C)C(=O)c4ccc(C#N)cn4)cc23)cc1. The summed E-state index contributed by atoms with van der Waals surface area (Å²) in [4.78, 5) is 30.2. The van der Waals surface area contributed by atoms with Crippen LogP contribution < -0.4 is 10.2 Å².